The fourth-order valence-corrected chi connectivity index (χ4v) is 10.1. The second-order valence-electron chi connectivity index (χ2n) is 17.1. The number of cyclic esters (lactones) is 1. The molecule has 1 fully saturated rings. The van der Waals surface area contributed by atoms with E-state index in [0.29, 0.717) is 36.5 Å². The number of para-hydroxylation sites is 1. The molecule has 278 valence electrons. The first-order valence-electron chi connectivity index (χ1n) is 18.4. The molecule has 0 amide bonds. The van der Waals surface area contributed by atoms with Gasteiger partial charge in [0.25, 0.3) is 0 Å². The maximum Gasteiger partial charge on any atom is 0.347 e. The van der Waals surface area contributed by atoms with Crippen molar-refractivity contribution < 1.29 is 32.7 Å². The number of fused-ring (bicyclic) bond motifs is 1. The van der Waals surface area contributed by atoms with Crippen LogP contribution in [0, 0.1) is 34.5 Å². The van der Waals surface area contributed by atoms with Crippen molar-refractivity contribution in [3.63, 3.8) is 0 Å². The zero-order valence-electron chi connectivity index (χ0n) is 32.4. The molecule has 7 nitrogen and oxygen atoms in total. The van der Waals surface area contributed by atoms with Gasteiger partial charge in [0, 0.05) is 17.8 Å². The number of hydrogen-bond acceptors (Lipinski definition) is 7. The van der Waals surface area contributed by atoms with E-state index in [4.69, 9.17) is 34.7 Å². The van der Waals surface area contributed by atoms with Crippen LogP contribution >= 0.6 is 11.6 Å². The first-order chi connectivity index (χ1) is 23.3. The highest BCUT2D eigenvalue weighted by molar-refractivity contribution is 6.49. The van der Waals surface area contributed by atoms with E-state index in [-0.39, 0.29) is 46.6 Å². The van der Waals surface area contributed by atoms with Crippen molar-refractivity contribution in [3.8, 4) is 5.75 Å². The van der Waals surface area contributed by atoms with Crippen molar-refractivity contribution in [3.05, 3.63) is 53.1 Å². The molecular weight excluding hydrogens is 684 g/mol. The Morgan fingerprint density at radius 2 is 1.72 bits per heavy atom. The molecule has 0 aromatic heterocycles. The van der Waals surface area contributed by atoms with E-state index >= 15 is 0 Å². The third-order valence-corrected chi connectivity index (χ3v) is 12.6. The van der Waals surface area contributed by atoms with Gasteiger partial charge >= 0.3 is 11.9 Å². The number of benzene rings is 1. The highest BCUT2D eigenvalue weighted by Crippen LogP contribution is 2.53. The van der Waals surface area contributed by atoms with Crippen molar-refractivity contribution in [1.82, 2.24) is 0 Å². The summed E-state index contributed by atoms with van der Waals surface area (Å²) in [5.41, 5.74) is 0.329. The molecule has 1 aliphatic heterocycles. The number of ether oxygens (including phenoxy) is 3. The van der Waals surface area contributed by atoms with Gasteiger partial charge < -0.3 is 23.1 Å². The van der Waals surface area contributed by atoms with Crippen molar-refractivity contribution in [2.24, 2.45) is 34.5 Å². The Balaban J connectivity index is 1.69. The van der Waals surface area contributed by atoms with Crippen LogP contribution in [0.1, 0.15) is 87.5 Å². The van der Waals surface area contributed by atoms with E-state index in [1.165, 1.54) is 0 Å². The van der Waals surface area contributed by atoms with E-state index in [2.05, 4.69) is 92.9 Å². The minimum Gasteiger partial charge on any atom is -0.477 e. The van der Waals surface area contributed by atoms with Gasteiger partial charge in [-0.3, -0.25) is 0 Å². The summed E-state index contributed by atoms with van der Waals surface area (Å²) in [6, 6.07) is 7.20. The molecular formula is C40H61ClO7Si2. The summed E-state index contributed by atoms with van der Waals surface area (Å²) in [7, 11) is -2.31. The third-order valence-electron chi connectivity index (χ3n) is 10.7. The Kier molecular flexibility index (Phi) is 13.4. The predicted molar refractivity (Wildman–Crippen MR) is 204 cm³/mol. The molecule has 1 saturated heterocycles. The molecule has 4 rings (SSSR count). The summed E-state index contributed by atoms with van der Waals surface area (Å²) in [5.74, 6) is -0.108. The maximum atomic E-state index is 14.1. The van der Waals surface area contributed by atoms with Gasteiger partial charge in [0.1, 0.15) is 24.1 Å². The van der Waals surface area contributed by atoms with Crippen molar-refractivity contribution in [1.29, 1.82) is 0 Å². The zero-order valence-corrected chi connectivity index (χ0v) is 35.2. The molecule has 10 heteroatoms. The van der Waals surface area contributed by atoms with E-state index < -0.39 is 48.0 Å². The van der Waals surface area contributed by atoms with E-state index in [1.54, 1.807) is 12.1 Å². The Bertz CT molecular complexity index is 1400. The second-order valence-corrected chi connectivity index (χ2v) is 21.6. The first kappa shape index (κ1) is 40.8. The van der Waals surface area contributed by atoms with Crippen LogP contribution in [0.3, 0.4) is 0 Å². The first-order valence-corrected chi connectivity index (χ1v) is 23.6. The normalized spacial score (nSPS) is 30.8. The van der Waals surface area contributed by atoms with E-state index in [0.717, 1.165) is 12.0 Å². The van der Waals surface area contributed by atoms with E-state index in [1.807, 2.05) is 19.1 Å². The molecule has 1 heterocycles. The number of allylic oxidation sites excluding steroid dienone is 2. The van der Waals surface area contributed by atoms with Crippen LogP contribution in [0.4, 0.5) is 0 Å². The van der Waals surface area contributed by atoms with Crippen LogP contribution in [-0.2, 0) is 27.9 Å². The van der Waals surface area contributed by atoms with Gasteiger partial charge in [-0.2, -0.15) is 0 Å². The molecule has 0 bridgehead atoms. The lowest BCUT2D eigenvalue weighted by Crippen LogP contribution is -2.58. The van der Waals surface area contributed by atoms with Crippen LogP contribution in [0.25, 0.3) is 0 Å². The molecule has 2 unspecified atom stereocenters. The summed E-state index contributed by atoms with van der Waals surface area (Å²) in [6.07, 6.45) is 7.98. The summed E-state index contributed by atoms with van der Waals surface area (Å²) < 4.78 is 32.3. The van der Waals surface area contributed by atoms with Gasteiger partial charge in [-0.15, -0.1) is 0 Å². The number of hydrogen-bond donors (Lipinski definition) is 0. The fraction of sp³-hybridized carbons (Fsp3) is 0.700. The number of halogens is 1. The van der Waals surface area contributed by atoms with Crippen LogP contribution in [0.5, 0.6) is 5.75 Å². The summed E-state index contributed by atoms with van der Waals surface area (Å²) in [6.45, 7) is 25.9. The number of carbonyl (C=O) groups excluding carboxylic acids is 2. The lowest BCUT2D eigenvalue weighted by atomic mass is 9.59. The summed E-state index contributed by atoms with van der Waals surface area (Å²) in [5, 5.41) is 0.453. The minimum absolute atomic E-state index is 0.0393. The Morgan fingerprint density at radius 3 is 2.30 bits per heavy atom. The second kappa shape index (κ2) is 16.4. The zero-order chi connectivity index (χ0) is 37.2. The quantitative estimate of drug-likeness (QED) is 0.156. The molecule has 0 saturated carbocycles. The molecule has 3 aliphatic rings. The molecule has 50 heavy (non-hydrogen) atoms. The van der Waals surface area contributed by atoms with Crippen LogP contribution in [0.15, 0.2) is 48.1 Å². The molecule has 0 spiro atoms. The topological polar surface area (TPSA) is 80.3 Å². The lowest BCUT2D eigenvalue weighted by molar-refractivity contribution is -0.180. The molecule has 9 atom stereocenters. The summed E-state index contributed by atoms with van der Waals surface area (Å²) >= 11 is 6.41. The Hall–Kier alpha value is -1.92. The molecule has 2 radical (unpaired) electrons. The minimum atomic E-state index is -1.21. The largest absolute Gasteiger partial charge is 0.477 e. The Labute approximate surface area is 310 Å². The lowest BCUT2D eigenvalue weighted by Gasteiger charge is -2.54. The fourth-order valence-electron chi connectivity index (χ4n) is 7.98. The monoisotopic (exact) mass is 744 g/mol. The number of carbonyl (C=O) groups is 2. The number of esters is 2. The van der Waals surface area contributed by atoms with Crippen LogP contribution < -0.4 is 4.74 Å². The summed E-state index contributed by atoms with van der Waals surface area (Å²) in [4.78, 5) is 27.5. The van der Waals surface area contributed by atoms with Crippen molar-refractivity contribution in [2.75, 3.05) is 0 Å². The van der Waals surface area contributed by atoms with Gasteiger partial charge in [0.05, 0.1) is 10.6 Å². The third kappa shape index (κ3) is 9.54. The highest BCUT2D eigenvalue weighted by atomic mass is 35.5. The highest BCUT2D eigenvalue weighted by Gasteiger charge is 2.55. The van der Waals surface area contributed by atoms with Gasteiger partial charge in [-0.25, -0.2) is 9.59 Å². The van der Waals surface area contributed by atoms with Crippen LogP contribution in [0.2, 0.25) is 31.2 Å². The van der Waals surface area contributed by atoms with Crippen LogP contribution in [-0.4, -0.2) is 60.0 Å². The van der Waals surface area contributed by atoms with Gasteiger partial charge in [0.15, 0.2) is 6.10 Å². The predicted octanol–water partition coefficient (Wildman–Crippen LogP) is 9.62. The van der Waals surface area contributed by atoms with Gasteiger partial charge in [-0.1, -0.05) is 97.4 Å². The van der Waals surface area contributed by atoms with Crippen molar-refractivity contribution >= 4 is 41.6 Å². The average molecular weight is 746 g/mol. The van der Waals surface area contributed by atoms with Gasteiger partial charge in [-0.05, 0) is 92.7 Å². The SMILES string of the molecule is CCC(Oc1ccccc1Cl)C(=O)O[C@H]1C[C@H](C(C)(C)C)C=C2C=C[C@H](C)[C@](CC[C@@H]3C[C@H](C(C)(C)C)C(O[Si](C)C)C(=O)O3)(O[Si](C)C)[C@H]21. The molecule has 0 N–H and O–H groups in total. The maximum absolute atomic E-state index is 14.1. The van der Waals surface area contributed by atoms with Gasteiger partial charge in [0.2, 0.25) is 18.1 Å². The number of rotatable bonds is 12. The average Bonchev–Trinajstić information content (AvgIpc) is 3.00. The molecule has 1 aromatic rings. The van der Waals surface area contributed by atoms with Crippen molar-refractivity contribution in [2.45, 2.75) is 144 Å². The Morgan fingerprint density at radius 1 is 1.04 bits per heavy atom. The van der Waals surface area contributed by atoms with E-state index in [9.17, 15) is 9.59 Å². The standard InChI is InChI=1S/C40H61ClO7Si2/c1-13-31(45-32-17-15-14-16-30(32)41)36(42)46-33-23-27(38(3,4)5)22-26-19-18-25(2)40(34(26)33,48-50(11)12)21-20-28-24-29(39(6,7)8)35(37(43)44-28)47-49(9)10/h14-19,22,25,27-29,31,33-35H,13,20-21,23-24H2,1-12H3/t25-,27+,28+,29-,31?,33-,34+,35?,40-/m0/s1. The molecule has 2 aliphatic carbocycles. The molecule has 1 aromatic carbocycles. The smallest absolute Gasteiger partial charge is 0.347 e.